The van der Waals surface area contributed by atoms with Crippen molar-refractivity contribution in [2.45, 2.75) is 71.0 Å². The van der Waals surface area contributed by atoms with E-state index >= 15 is 0 Å². The molecule has 6 nitrogen and oxygen atoms in total. The zero-order valence-corrected chi connectivity index (χ0v) is 21.6. The highest BCUT2D eigenvalue weighted by Gasteiger charge is 2.57. The smallest absolute Gasteiger partial charge is 0.464 e. The Labute approximate surface area is 207 Å². The fourth-order valence-electron chi connectivity index (χ4n) is 5.38. The van der Waals surface area contributed by atoms with Crippen molar-refractivity contribution in [1.82, 2.24) is 5.32 Å². The van der Waals surface area contributed by atoms with E-state index in [1.54, 1.807) is 6.26 Å². The molecule has 5 atom stereocenters. The minimum absolute atomic E-state index is 0.0214. The third-order valence-corrected chi connectivity index (χ3v) is 8.80. The molecule has 1 amide bonds. The van der Waals surface area contributed by atoms with Gasteiger partial charge in [0.15, 0.2) is 0 Å². The van der Waals surface area contributed by atoms with Crippen LogP contribution in [-0.4, -0.2) is 53.9 Å². The first kappa shape index (κ1) is 25.6. The molecule has 2 fully saturated rings. The van der Waals surface area contributed by atoms with Gasteiger partial charge in [-0.05, 0) is 67.7 Å². The molecule has 1 saturated carbocycles. The molecular weight excluding hydrogens is 449 g/mol. The van der Waals surface area contributed by atoms with Crippen LogP contribution in [0.5, 0.6) is 0 Å². The monoisotopic (exact) mass is 487 g/mol. The van der Waals surface area contributed by atoms with E-state index in [0.29, 0.717) is 36.3 Å². The summed E-state index contributed by atoms with van der Waals surface area (Å²) in [7, 11) is -0.511. The number of carbonyl (C=O) groups excluding carboxylic acids is 1. The number of rotatable bonds is 10. The van der Waals surface area contributed by atoms with Crippen LogP contribution in [0.4, 0.5) is 0 Å². The first-order chi connectivity index (χ1) is 16.3. The van der Waals surface area contributed by atoms with Crippen LogP contribution in [0, 0.1) is 17.8 Å². The Morgan fingerprint density at radius 3 is 2.88 bits per heavy atom. The summed E-state index contributed by atoms with van der Waals surface area (Å²) < 4.78 is 19.0. The highest BCUT2D eigenvalue weighted by Crippen LogP contribution is 2.47. The molecule has 0 spiro atoms. The van der Waals surface area contributed by atoms with Crippen molar-refractivity contribution in [3.8, 4) is 0 Å². The Bertz CT molecular complexity index is 968. The number of hydrogen-bond acceptors (Lipinski definition) is 6. The van der Waals surface area contributed by atoms with Gasteiger partial charge in [-0.1, -0.05) is 39.0 Å². The van der Waals surface area contributed by atoms with Gasteiger partial charge in [-0.3, -0.25) is 4.79 Å². The molecule has 34 heavy (non-hydrogen) atoms. The summed E-state index contributed by atoms with van der Waals surface area (Å²) in [5.41, 5.74) is 1.52. The van der Waals surface area contributed by atoms with E-state index < -0.39 is 7.12 Å². The van der Waals surface area contributed by atoms with Crippen molar-refractivity contribution >= 4 is 35.8 Å². The van der Waals surface area contributed by atoms with Crippen molar-refractivity contribution < 1.29 is 23.6 Å². The maximum Gasteiger partial charge on any atom is 0.482 e. The number of fused-ring (bicyclic) bond motifs is 2. The van der Waals surface area contributed by atoms with Gasteiger partial charge in [0.05, 0.1) is 29.7 Å². The summed E-state index contributed by atoms with van der Waals surface area (Å²) in [6, 6.07) is 7.96. The van der Waals surface area contributed by atoms with E-state index in [2.05, 4.69) is 33.0 Å². The molecule has 186 valence electrons. The number of aliphatic hydroxyl groups is 1. The fourth-order valence-corrected chi connectivity index (χ4v) is 6.12. The molecule has 2 aliphatic rings. The molecule has 4 rings (SSSR count). The number of para-hydroxylation sites is 1. The second-order valence-corrected chi connectivity index (χ2v) is 11.5. The molecular formula is C26H38BNO5S. The maximum atomic E-state index is 12.8. The van der Waals surface area contributed by atoms with E-state index in [1.807, 2.05) is 24.3 Å². The first-order valence-electron chi connectivity index (χ1n) is 12.6. The van der Waals surface area contributed by atoms with Crippen molar-refractivity contribution in [3.05, 3.63) is 36.1 Å². The molecule has 1 aliphatic heterocycles. The number of aliphatic hydroxyl groups excluding tert-OH is 1. The van der Waals surface area contributed by atoms with E-state index in [-0.39, 0.29) is 30.2 Å². The van der Waals surface area contributed by atoms with Gasteiger partial charge >= 0.3 is 7.12 Å². The Morgan fingerprint density at radius 1 is 1.32 bits per heavy atom. The molecule has 1 aromatic heterocycles. The average Bonchev–Trinajstić information content (AvgIpc) is 3.38. The number of furan rings is 1. The highest BCUT2D eigenvalue weighted by molar-refractivity contribution is 7.99. The summed E-state index contributed by atoms with van der Waals surface area (Å²) in [4.78, 5) is 12.8. The van der Waals surface area contributed by atoms with Gasteiger partial charge < -0.3 is 24.1 Å². The van der Waals surface area contributed by atoms with Crippen LogP contribution in [0.1, 0.15) is 52.5 Å². The van der Waals surface area contributed by atoms with Gasteiger partial charge in [-0.25, -0.2) is 0 Å². The van der Waals surface area contributed by atoms with Gasteiger partial charge in [0.1, 0.15) is 5.58 Å². The predicted molar refractivity (Wildman–Crippen MR) is 138 cm³/mol. The van der Waals surface area contributed by atoms with E-state index in [1.165, 1.54) is 11.8 Å². The lowest BCUT2D eigenvalue weighted by Crippen LogP contribution is -2.51. The van der Waals surface area contributed by atoms with Gasteiger partial charge in [0, 0.05) is 12.0 Å². The summed E-state index contributed by atoms with van der Waals surface area (Å²) >= 11 is 1.53. The van der Waals surface area contributed by atoms with Gasteiger partial charge in [0.25, 0.3) is 0 Å². The van der Waals surface area contributed by atoms with Crippen LogP contribution in [-0.2, 0) is 20.5 Å². The van der Waals surface area contributed by atoms with Crippen molar-refractivity contribution in [2.24, 2.45) is 17.8 Å². The predicted octanol–water partition coefficient (Wildman–Crippen LogP) is 4.48. The summed E-state index contributed by atoms with van der Waals surface area (Å²) in [6.07, 6.45) is 5.17. The molecule has 0 unspecified atom stereocenters. The topological polar surface area (TPSA) is 80.9 Å². The van der Waals surface area contributed by atoms with Crippen LogP contribution < -0.4 is 5.32 Å². The molecule has 0 radical (unpaired) electrons. The Hall–Kier alpha value is -1.48. The number of benzene rings is 1. The third-order valence-electron chi connectivity index (χ3n) is 7.76. The third kappa shape index (κ3) is 5.50. The Morgan fingerprint density at radius 2 is 2.12 bits per heavy atom. The van der Waals surface area contributed by atoms with Gasteiger partial charge in [-0.15, -0.1) is 0 Å². The average molecular weight is 487 g/mol. The molecule has 2 heterocycles. The summed E-state index contributed by atoms with van der Waals surface area (Å²) in [5.74, 6) is 2.35. The quantitative estimate of drug-likeness (QED) is 0.380. The van der Waals surface area contributed by atoms with Crippen LogP contribution in [0.25, 0.3) is 11.0 Å². The van der Waals surface area contributed by atoms with Crippen molar-refractivity contribution in [2.75, 3.05) is 18.1 Å². The van der Waals surface area contributed by atoms with Crippen molar-refractivity contribution in [1.29, 1.82) is 0 Å². The molecule has 8 heteroatoms. The van der Waals surface area contributed by atoms with E-state index in [4.69, 9.17) is 18.8 Å². The number of nitrogens with one attached hydrogen (secondary N) is 1. The SMILES string of the molecule is CC(C)[C@H]1C[C@@H](C)[C@]2(C)OB([C@H](Cc3coc4ccccc34)NC(=O)CSCCCO)O[C@@H]2C1. The van der Waals surface area contributed by atoms with Crippen LogP contribution in [0.2, 0.25) is 0 Å². The lowest BCUT2D eigenvalue weighted by molar-refractivity contribution is -0.119. The standard InChI is InChI=1S/C26H38BNO5S/c1-17(2)19-12-18(3)26(4)23(13-19)32-27(33-26)24(28-25(30)16-34-11-7-10-29)14-20-15-31-22-9-6-5-8-21(20)22/h5-6,8-9,15,17-19,23-24,29H,7,10-14,16H2,1-4H3,(H,28,30)/t18-,19+,23-,24+,26+/m1/s1. The normalized spacial score (nSPS) is 27.8. The molecule has 1 saturated heterocycles. The van der Waals surface area contributed by atoms with Crippen molar-refractivity contribution in [3.63, 3.8) is 0 Å². The molecule has 0 bridgehead atoms. The summed E-state index contributed by atoms with van der Waals surface area (Å²) in [6.45, 7) is 9.16. The molecule has 2 aromatic rings. The lowest BCUT2D eigenvalue weighted by atomic mass is 9.68. The largest absolute Gasteiger partial charge is 0.482 e. The Kier molecular flexibility index (Phi) is 8.34. The number of carbonyl (C=O) groups is 1. The van der Waals surface area contributed by atoms with Crippen LogP contribution in [0.15, 0.2) is 34.9 Å². The van der Waals surface area contributed by atoms with Crippen LogP contribution in [0.3, 0.4) is 0 Å². The second-order valence-electron chi connectivity index (χ2n) is 10.4. The summed E-state index contributed by atoms with van der Waals surface area (Å²) in [5, 5.41) is 13.2. The van der Waals surface area contributed by atoms with E-state index in [0.717, 1.165) is 35.1 Å². The van der Waals surface area contributed by atoms with Gasteiger partial charge in [0.2, 0.25) is 5.91 Å². The molecule has 2 N–H and O–H groups in total. The number of hydrogen-bond donors (Lipinski definition) is 2. The molecule has 1 aliphatic carbocycles. The maximum absolute atomic E-state index is 12.8. The lowest BCUT2D eigenvalue weighted by Gasteiger charge is -2.44. The number of amides is 1. The second kappa shape index (κ2) is 11.1. The minimum Gasteiger partial charge on any atom is -0.464 e. The van der Waals surface area contributed by atoms with Gasteiger partial charge in [-0.2, -0.15) is 11.8 Å². The Balaban J connectivity index is 1.52. The zero-order valence-electron chi connectivity index (χ0n) is 20.8. The van der Waals surface area contributed by atoms with E-state index in [9.17, 15) is 4.79 Å². The molecule has 1 aromatic carbocycles. The fraction of sp³-hybridized carbons (Fsp3) is 0.654. The zero-order chi connectivity index (χ0) is 24.3. The first-order valence-corrected chi connectivity index (χ1v) is 13.7. The number of thioether (sulfide) groups is 1. The minimum atomic E-state index is -0.511. The van der Waals surface area contributed by atoms with Crippen LogP contribution >= 0.6 is 11.8 Å². The highest BCUT2D eigenvalue weighted by atomic mass is 32.2.